The summed E-state index contributed by atoms with van der Waals surface area (Å²) in [5.74, 6) is -2.00. The van der Waals surface area contributed by atoms with Gasteiger partial charge in [0.15, 0.2) is 6.61 Å². The van der Waals surface area contributed by atoms with Crippen LogP contribution in [-0.4, -0.2) is 41.7 Å². The van der Waals surface area contributed by atoms with Gasteiger partial charge >= 0.3 is 5.97 Å². The number of rotatable bonds is 8. The molecule has 0 saturated heterocycles. The molecule has 0 aromatic heterocycles. The van der Waals surface area contributed by atoms with Gasteiger partial charge in [-0.25, -0.2) is 0 Å². The minimum absolute atomic E-state index is 0.200. The van der Waals surface area contributed by atoms with Crippen molar-refractivity contribution < 1.29 is 23.9 Å². The number of esters is 1. The molecule has 30 heavy (non-hydrogen) atoms. The lowest BCUT2D eigenvalue weighted by Gasteiger charge is -2.21. The summed E-state index contributed by atoms with van der Waals surface area (Å²) in [5, 5.41) is 2.88. The average Bonchev–Trinajstić information content (AvgIpc) is 2.97. The fourth-order valence-corrected chi connectivity index (χ4v) is 3.37. The van der Waals surface area contributed by atoms with E-state index in [9.17, 15) is 19.2 Å². The fraction of sp³-hybridized carbons (Fsp3) is 0.304. The van der Waals surface area contributed by atoms with Crippen LogP contribution in [0.3, 0.4) is 0 Å². The second-order valence-electron chi connectivity index (χ2n) is 7.56. The Bertz CT molecular complexity index is 920. The molecule has 7 heteroatoms. The Labute approximate surface area is 175 Å². The SMILES string of the molecule is CC(C)C[C@H](NC(=O)COC(=O)CN1C(=O)c2ccccc2C1=O)c1ccccc1. The Hall–Kier alpha value is -3.48. The molecule has 7 nitrogen and oxygen atoms in total. The molecule has 0 saturated carbocycles. The molecule has 156 valence electrons. The van der Waals surface area contributed by atoms with Crippen LogP contribution in [0.15, 0.2) is 54.6 Å². The van der Waals surface area contributed by atoms with Crippen LogP contribution < -0.4 is 5.32 Å². The molecule has 3 amide bonds. The molecule has 0 unspecified atom stereocenters. The van der Waals surface area contributed by atoms with Crippen LogP contribution in [0.4, 0.5) is 0 Å². The van der Waals surface area contributed by atoms with E-state index in [1.807, 2.05) is 30.3 Å². The van der Waals surface area contributed by atoms with Gasteiger partial charge in [-0.05, 0) is 30.0 Å². The largest absolute Gasteiger partial charge is 0.454 e. The molecule has 0 fully saturated rings. The van der Waals surface area contributed by atoms with E-state index < -0.39 is 36.8 Å². The normalized spacial score (nSPS) is 13.9. The van der Waals surface area contributed by atoms with Crippen molar-refractivity contribution in [3.05, 3.63) is 71.3 Å². The summed E-state index contributed by atoms with van der Waals surface area (Å²) < 4.78 is 5.01. The molecule has 1 aliphatic rings. The van der Waals surface area contributed by atoms with Crippen LogP contribution in [0.2, 0.25) is 0 Å². The molecule has 2 aromatic carbocycles. The smallest absolute Gasteiger partial charge is 0.326 e. The molecule has 1 heterocycles. The van der Waals surface area contributed by atoms with Crippen LogP contribution in [0.25, 0.3) is 0 Å². The van der Waals surface area contributed by atoms with Gasteiger partial charge in [-0.1, -0.05) is 56.3 Å². The average molecular weight is 408 g/mol. The molecular formula is C23H24N2O5. The highest BCUT2D eigenvalue weighted by Gasteiger charge is 2.36. The van der Waals surface area contributed by atoms with Crippen molar-refractivity contribution in [2.45, 2.75) is 26.3 Å². The second kappa shape index (κ2) is 9.35. The van der Waals surface area contributed by atoms with Crippen LogP contribution in [-0.2, 0) is 14.3 Å². The van der Waals surface area contributed by atoms with Gasteiger partial charge in [0.1, 0.15) is 6.54 Å². The zero-order chi connectivity index (χ0) is 21.7. The van der Waals surface area contributed by atoms with E-state index in [2.05, 4.69) is 19.2 Å². The number of ether oxygens (including phenoxy) is 1. The number of hydrogen-bond donors (Lipinski definition) is 1. The van der Waals surface area contributed by atoms with E-state index in [0.717, 1.165) is 16.9 Å². The van der Waals surface area contributed by atoms with Gasteiger partial charge in [0.2, 0.25) is 0 Å². The number of fused-ring (bicyclic) bond motifs is 1. The number of carbonyl (C=O) groups is 4. The third kappa shape index (κ3) is 4.92. The second-order valence-corrected chi connectivity index (χ2v) is 7.56. The van der Waals surface area contributed by atoms with Crippen molar-refractivity contribution >= 4 is 23.7 Å². The van der Waals surface area contributed by atoms with Crippen molar-refractivity contribution in [3.63, 3.8) is 0 Å². The highest BCUT2D eigenvalue weighted by Crippen LogP contribution is 2.22. The van der Waals surface area contributed by atoms with E-state index in [1.54, 1.807) is 12.1 Å². The third-order valence-corrected chi connectivity index (χ3v) is 4.77. The summed E-state index contributed by atoms with van der Waals surface area (Å²) in [4.78, 5) is 49.9. The number of imide groups is 1. The van der Waals surface area contributed by atoms with Crippen molar-refractivity contribution in [1.82, 2.24) is 10.2 Å². The molecule has 0 aliphatic carbocycles. The Morgan fingerprint density at radius 3 is 2.07 bits per heavy atom. The number of benzene rings is 2. The van der Waals surface area contributed by atoms with Crippen molar-refractivity contribution in [3.8, 4) is 0 Å². The molecule has 0 spiro atoms. The van der Waals surface area contributed by atoms with E-state index in [0.29, 0.717) is 5.92 Å². The monoisotopic (exact) mass is 408 g/mol. The van der Waals surface area contributed by atoms with Crippen molar-refractivity contribution in [2.75, 3.05) is 13.2 Å². The van der Waals surface area contributed by atoms with Gasteiger partial charge in [-0.3, -0.25) is 24.1 Å². The maximum Gasteiger partial charge on any atom is 0.326 e. The highest BCUT2D eigenvalue weighted by molar-refractivity contribution is 6.22. The number of amides is 3. The van der Waals surface area contributed by atoms with Gasteiger partial charge in [0, 0.05) is 0 Å². The van der Waals surface area contributed by atoms with Gasteiger partial charge in [-0.15, -0.1) is 0 Å². The first-order chi connectivity index (χ1) is 14.4. The fourth-order valence-electron chi connectivity index (χ4n) is 3.37. The molecule has 0 bridgehead atoms. The van der Waals surface area contributed by atoms with Gasteiger partial charge in [0.05, 0.1) is 17.2 Å². The topological polar surface area (TPSA) is 92.8 Å². The lowest BCUT2D eigenvalue weighted by Crippen LogP contribution is -2.38. The maximum absolute atomic E-state index is 12.3. The molecule has 1 N–H and O–H groups in total. The lowest BCUT2D eigenvalue weighted by atomic mass is 9.97. The Morgan fingerprint density at radius 2 is 1.50 bits per heavy atom. The van der Waals surface area contributed by atoms with Crippen LogP contribution in [0.5, 0.6) is 0 Å². The van der Waals surface area contributed by atoms with Gasteiger partial charge < -0.3 is 10.1 Å². The highest BCUT2D eigenvalue weighted by atomic mass is 16.5. The van der Waals surface area contributed by atoms with Crippen LogP contribution >= 0.6 is 0 Å². The lowest BCUT2D eigenvalue weighted by molar-refractivity contribution is -0.148. The molecular weight excluding hydrogens is 384 g/mol. The maximum atomic E-state index is 12.3. The molecule has 3 rings (SSSR count). The minimum atomic E-state index is -0.820. The first kappa shape index (κ1) is 21.2. The quantitative estimate of drug-likeness (QED) is 0.536. The van der Waals surface area contributed by atoms with Gasteiger partial charge in [-0.2, -0.15) is 0 Å². The number of hydrogen-bond acceptors (Lipinski definition) is 5. The van der Waals surface area contributed by atoms with Crippen molar-refractivity contribution in [1.29, 1.82) is 0 Å². The summed E-state index contributed by atoms with van der Waals surface area (Å²) in [6, 6.07) is 15.7. The zero-order valence-electron chi connectivity index (χ0n) is 17.0. The number of carbonyl (C=O) groups excluding carboxylic acids is 4. The van der Waals surface area contributed by atoms with Crippen LogP contribution in [0.1, 0.15) is 52.6 Å². The van der Waals surface area contributed by atoms with E-state index >= 15 is 0 Å². The first-order valence-corrected chi connectivity index (χ1v) is 9.82. The van der Waals surface area contributed by atoms with E-state index in [-0.39, 0.29) is 17.2 Å². The molecule has 0 radical (unpaired) electrons. The Morgan fingerprint density at radius 1 is 0.933 bits per heavy atom. The summed E-state index contributed by atoms with van der Waals surface area (Å²) in [7, 11) is 0. The minimum Gasteiger partial charge on any atom is -0.454 e. The summed E-state index contributed by atoms with van der Waals surface area (Å²) >= 11 is 0. The third-order valence-electron chi connectivity index (χ3n) is 4.77. The van der Waals surface area contributed by atoms with E-state index in [4.69, 9.17) is 4.74 Å². The molecule has 1 aliphatic heterocycles. The summed E-state index contributed by atoms with van der Waals surface area (Å²) in [6.07, 6.45) is 0.735. The van der Waals surface area contributed by atoms with Crippen LogP contribution in [0, 0.1) is 5.92 Å². The van der Waals surface area contributed by atoms with Crippen molar-refractivity contribution in [2.24, 2.45) is 5.92 Å². The predicted molar refractivity (Wildman–Crippen MR) is 110 cm³/mol. The molecule has 1 atom stereocenters. The Balaban J connectivity index is 1.54. The number of nitrogens with zero attached hydrogens (tertiary/aromatic N) is 1. The van der Waals surface area contributed by atoms with Gasteiger partial charge in [0.25, 0.3) is 17.7 Å². The first-order valence-electron chi connectivity index (χ1n) is 9.82. The standard InChI is InChI=1S/C23H24N2O5/c1-15(2)12-19(16-8-4-3-5-9-16)24-20(26)14-30-21(27)13-25-22(28)17-10-6-7-11-18(17)23(25)29/h3-11,15,19H,12-14H2,1-2H3,(H,24,26)/t19-/m0/s1. The molecule has 2 aromatic rings. The summed E-state index contributed by atoms with van der Waals surface area (Å²) in [6.45, 7) is 3.10. The predicted octanol–water partition coefficient (Wildman–Crippen LogP) is 2.73. The summed E-state index contributed by atoms with van der Waals surface area (Å²) in [5.41, 5.74) is 1.48. The Kier molecular flexibility index (Phi) is 6.61. The van der Waals surface area contributed by atoms with E-state index in [1.165, 1.54) is 12.1 Å². The number of nitrogens with one attached hydrogen (secondary N) is 1. The zero-order valence-corrected chi connectivity index (χ0v) is 17.0.